The molecule has 1 aliphatic heterocycles. The number of sulfonamides is 1. The van der Waals surface area contributed by atoms with Gasteiger partial charge in [0.2, 0.25) is 0 Å². The van der Waals surface area contributed by atoms with Crippen molar-refractivity contribution in [2.75, 3.05) is 10.0 Å². The molecule has 0 bridgehead atoms. The molecule has 1 aromatic heterocycles. The summed E-state index contributed by atoms with van der Waals surface area (Å²) >= 11 is 4.36. The fourth-order valence-electron chi connectivity index (χ4n) is 3.90. The Kier molecular flexibility index (Phi) is 8.21. The number of hydrogen-bond acceptors (Lipinski definition) is 7. The molecular formula is C28H19BrF3N3O5S2. The summed E-state index contributed by atoms with van der Waals surface area (Å²) in [5, 5.41) is 3.03. The molecule has 0 aliphatic carbocycles. The van der Waals surface area contributed by atoms with Crippen molar-refractivity contribution in [2.45, 2.75) is 22.5 Å². The fraction of sp³-hybridized carbons (Fsp3) is 0.0714. The Morgan fingerprint density at radius 1 is 0.881 bits per heavy atom. The van der Waals surface area contributed by atoms with Gasteiger partial charge in [-0.05, 0) is 78.9 Å². The van der Waals surface area contributed by atoms with Gasteiger partial charge in [0.25, 0.3) is 21.8 Å². The van der Waals surface area contributed by atoms with Crippen LogP contribution in [0.15, 0.2) is 120 Å². The first-order valence-electron chi connectivity index (χ1n) is 12.0. The molecule has 5 rings (SSSR count). The molecule has 0 fully saturated rings. The Bertz CT molecular complexity index is 1770. The number of rotatable bonds is 9. The Morgan fingerprint density at radius 3 is 2.21 bits per heavy atom. The van der Waals surface area contributed by atoms with Gasteiger partial charge < -0.3 is 9.73 Å². The molecule has 3 aromatic carbocycles. The highest BCUT2D eigenvalue weighted by atomic mass is 79.9. The van der Waals surface area contributed by atoms with Gasteiger partial charge in [-0.25, -0.2) is 8.42 Å². The van der Waals surface area contributed by atoms with Crippen LogP contribution >= 0.6 is 27.7 Å². The lowest BCUT2D eigenvalue weighted by Crippen LogP contribution is -2.31. The fourth-order valence-corrected chi connectivity index (χ4v) is 6.21. The van der Waals surface area contributed by atoms with Gasteiger partial charge in [-0.3, -0.25) is 19.2 Å². The van der Waals surface area contributed by atoms with Crippen LogP contribution in [0.25, 0.3) is 0 Å². The van der Waals surface area contributed by atoms with Crippen LogP contribution in [-0.4, -0.2) is 25.1 Å². The van der Waals surface area contributed by atoms with E-state index in [-0.39, 0.29) is 22.8 Å². The SMILES string of the molecule is O=C1C(Nc2ccc(Br)cc2)=C(Sc2ccc(NS(=O)(=O)c3cccc(C(F)(F)F)c3)cc2)C(=O)N1Cc1ccco1. The van der Waals surface area contributed by atoms with E-state index in [1.54, 1.807) is 36.4 Å². The van der Waals surface area contributed by atoms with Crippen molar-refractivity contribution in [2.24, 2.45) is 0 Å². The van der Waals surface area contributed by atoms with E-state index in [9.17, 15) is 31.2 Å². The number of thioether (sulfide) groups is 1. The molecule has 14 heteroatoms. The number of benzene rings is 3. The molecule has 0 saturated carbocycles. The third kappa shape index (κ3) is 6.55. The lowest BCUT2D eigenvalue weighted by molar-refractivity contribution is -0.139. The van der Waals surface area contributed by atoms with Crippen molar-refractivity contribution in [1.82, 2.24) is 4.90 Å². The van der Waals surface area contributed by atoms with Crippen molar-refractivity contribution in [3.05, 3.63) is 118 Å². The van der Waals surface area contributed by atoms with Crippen LogP contribution in [0.1, 0.15) is 11.3 Å². The zero-order valence-electron chi connectivity index (χ0n) is 21.2. The molecule has 0 atom stereocenters. The molecular weight excluding hydrogens is 659 g/mol. The van der Waals surface area contributed by atoms with E-state index < -0.39 is 38.5 Å². The number of imide groups is 1. The monoisotopic (exact) mass is 677 g/mol. The number of carbonyl (C=O) groups excluding carboxylic acids is 2. The summed E-state index contributed by atoms with van der Waals surface area (Å²) < 4.78 is 73.0. The zero-order valence-corrected chi connectivity index (χ0v) is 24.4. The molecule has 0 saturated heterocycles. The maximum Gasteiger partial charge on any atom is 0.416 e. The predicted molar refractivity (Wildman–Crippen MR) is 154 cm³/mol. The number of nitrogens with one attached hydrogen (secondary N) is 2. The second-order valence-corrected chi connectivity index (χ2v) is 12.6. The maximum atomic E-state index is 13.4. The molecule has 42 heavy (non-hydrogen) atoms. The van der Waals surface area contributed by atoms with E-state index in [4.69, 9.17) is 4.42 Å². The predicted octanol–water partition coefficient (Wildman–Crippen LogP) is 6.85. The van der Waals surface area contributed by atoms with E-state index in [2.05, 4.69) is 26.0 Å². The maximum absolute atomic E-state index is 13.4. The topological polar surface area (TPSA) is 109 Å². The standard InChI is InChI=1S/C28H19BrF3N3O5S2/c29-18-6-8-19(9-7-18)33-24-25(27(37)35(26(24)36)16-21-4-2-14-40-21)41-22-12-10-20(11-13-22)34-42(38,39)23-5-1-3-17(15-23)28(30,31)32/h1-15,33-34H,16H2. The van der Waals surface area contributed by atoms with Crippen LogP contribution in [0, 0.1) is 0 Å². The van der Waals surface area contributed by atoms with Crippen molar-refractivity contribution >= 4 is 60.9 Å². The minimum Gasteiger partial charge on any atom is -0.467 e. The first-order chi connectivity index (χ1) is 19.9. The number of hydrogen-bond donors (Lipinski definition) is 2. The Hall–Kier alpha value is -4.01. The lowest BCUT2D eigenvalue weighted by atomic mass is 10.2. The van der Waals surface area contributed by atoms with Crippen molar-refractivity contribution in [1.29, 1.82) is 0 Å². The summed E-state index contributed by atoms with van der Waals surface area (Å²) in [7, 11) is -4.32. The molecule has 0 spiro atoms. The van der Waals surface area contributed by atoms with E-state index in [0.717, 1.165) is 39.3 Å². The van der Waals surface area contributed by atoms with Gasteiger partial charge in [0, 0.05) is 20.7 Å². The molecule has 2 N–H and O–H groups in total. The Morgan fingerprint density at radius 2 is 1.57 bits per heavy atom. The number of anilines is 2. The van der Waals surface area contributed by atoms with Crippen molar-refractivity contribution in [3.8, 4) is 0 Å². The summed E-state index contributed by atoms with van der Waals surface area (Å²) in [6.45, 7) is -0.0729. The third-order valence-electron chi connectivity index (χ3n) is 5.93. The molecule has 8 nitrogen and oxygen atoms in total. The number of nitrogens with zero attached hydrogens (tertiary/aromatic N) is 1. The highest BCUT2D eigenvalue weighted by molar-refractivity contribution is 9.10. The molecule has 2 heterocycles. The Labute approximate surface area is 250 Å². The number of carbonyl (C=O) groups is 2. The Balaban J connectivity index is 1.38. The average molecular weight is 679 g/mol. The van der Waals surface area contributed by atoms with Gasteiger partial charge in [0.05, 0.1) is 23.3 Å². The number of furan rings is 1. The largest absolute Gasteiger partial charge is 0.467 e. The number of halogens is 4. The summed E-state index contributed by atoms with van der Waals surface area (Å²) in [4.78, 5) is 27.8. The van der Waals surface area contributed by atoms with Crippen LogP contribution in [-0.2, 0) is 32.3 Å². The summed E-state index contributed by atoms with van der Waals surface area (Å²) in [6.07, 6.45) is -3.26. The molecule has 0 radical (unpaired) electrons. The number of alkyl halides is 3. The average Bonchev–Trinajstić information content (AvgIpc) is 3.54. The van der Waals surface area contributed by atoms with E-state index in [0.29, 0.717) is 22.4 Å². The van der Waals surface area contributed by atoms with Crippen LogP contribution in [0.3, 0.4) is 0 Å². The normalized spacial score (nSPS) is 14.0. The quantitative estimate of drug-likeness (QED) is 0.187. The van der Waals surface area contributed by atoms with Gasteiger partial charge >= 0.3 is 6.18 Å². The third-order valence-corrected chi connectivity index (χ3v) is 8.93. The second kappa shape index (κ2) is 11.7. The first kappa shape index (κ1) is 29.5. The lowest BCUT2D eigenvalue weighted by Gasteiger charge is -2.13. The van der Waals surface area contributed by atoms with Gasteiger partial charge in [-0.2, -0.15) is 13.2 Å². The second-order valence-electron chi connectivity index (χ2n) is 8.87. The van der Waals surface area contributed by atoms with E-state index in [1.165, 1.54) is 30.5 Å². The van der Waals surface area contributed by atoms with Crippen LogP contribution in [0.2, 0.25) is 0 Å². The van der Waals surface area contributed by atoms with Crippen LogP contribution in [0.5, 0.6) is 0 Å². The van der Waals surface area contributed by atoms with Gasteiger partial charge in [-0.1, -0.05) is 33.8 Å². The summed E-state index contributed by atoms with van der Waals surface area (Å²) in [5.74, 6) is -0.675. The molecule has 216 valence electrons. The minimum absolute atomic E-state index is 0.0632. The van der Waals surface area contributed by atoms with Gasteiger partial charge in [0.1, 0.15) is 16.4 Å². The first-order valence-corrected chi connectivity index (χ1v) is 15.1. The van der Waals surface area contributed by atoms with E-state index in [1.807, 2.05) is 0 Å². The highest BCUT2D eigenvalue weighted by Gasteiger charge is 2.39. The van der Waals surface area contributed by atoms with Gasteiger partial charge in [0.15, 0.2) is 0 Å². The molecule has 0 unspecified atom stereocenters. The summed E-state index contributed by atoms with van der Waals surface area (Å²) in [5.41, 5.74) is -0.359. The van der Waals surface area contributed by atoms with E-state index >= 15 is 0 Å². The van der Waals surface area contributed by atoms with Crippen LogP contribution in [0.4, 0.5) is 24.5 Å². The molecule has 4 aromatic rings. The summed E-state index contributed by atoms with van der Waals surface area (Å²) in [6, 6.07) is 19.6. The van der Waals surface area contributed by atoms with Gasteiger partial charge in [-0.15, -0.1) is 0 Å². The minimum atomic E-state index is -4.70. The molecule has 2 amide bonds. The van der Waals surface area contributed by atoms with Crippen molar-refractivity contribution < 1.29 is 35.6 Å². The molecule has 1 aliphatic rings. The van der Waals surface area contributed by atoms with Crippen molar-refractivity contribution in [3.63, 3.8) is 0 Å². The number of amides is 2. The van der Waals surface area contributed by atoms with Crippen LogP contribution < -0.4 is 10.0 Å². The zero-order chi connectivity index (χ0) is 30.1. The highest BCUT2D eigenvalue weighted by Crippen LogP contribution is 2.37. The smallest absolute Gasteiger partial charge is 0.416 e.